The quantitative estimate of drug-likeness (QED) is 0.840. The average Bonchev–Trinajstić information content (AvgIpc) is 2.46. The predicted molar refractivity (Wildman–Crippen MR) is 79.9 cm³/mol. The minimum absolute atomic E-state index is 0.437. The zero-order valence-electron chi connectivity index (χ0n) is 11.2. The Labute approximate surface area is 118 Å². The summed E-state index contributed by atoms with van der Waals surface area (Å²) in [6.07, 6.45) is -0.437. The van der Waals surface area contributed by atoms with Crippen LogP contribution in [0.4, 0.5) is 0 Å². The Morgan fingerprint density at radius 1 is 1.05 bits per heavy atom. The van der Waals surface area contributed by atoms with E-state index in [1.807, 2.05) is 55.5 Å². The first-order valence-electron chi connectivity index (χ1n) is 6.20. The van der Waals surface area contributed by atoms with Crippen LogP contribution in [0.25, 0.3) is 0 Å². The zero-order valence-corrected chi connectivity index (χ0v) is 12.0. The first-order valence-corrected chi connectivity index (χ1v) is 7.19. The molecule has 0 aliphatic rings. The molecule has 1 N–H and O–H groups in total. The molecular weight excluding hydrogens is 256 g/mol. The number of hydrogen-bond acceptors (Lipinski definition) is 3. The third-order valence-corrected chi connectivity index (χ3v) is 4.02. The molecule has 3 heteroatoms. The molecule has 0 saturated heterocycles. The number of methoxy groups -OCH3 is 1. The summed E-state index contributed by atoms with van der Waals surface area (Å²) >= 11 is 1.64. The van der Waals surface area contributed by atoms with Gasteiger partial charge in [-0.1, -0.05) is 29.8 Å². The Bertz CT molecular complexity index is 505. The number of hydrogen-bond donors (Lipinski definition) is 1. The summed E-state index contributed by atoms with van der Waals surface area (Å²) in [7, 11) is 1.66. The maximum absolute atomic E-state index is 10.1. The van der Waals surface area contributed by atoms with Gasteiger partial charge >= 0.3 is 0 Å². The van der Waals surface area contributed by atoms with Gasteiger partial charge in [0, 0.05) is 10.6 Å². The Kier molecular flexibility index (Phi) is 4.88. The Balaban J connectivity index is 1.92. The molecule has 0 spiro atoms. The van der Waals surface area contributed by atoms with Crippen molar-refractivity contribution in [1.82, 2.24) is 0 Å². The molecule has 0 bridgehead atoms. The molecule has 0 heterocycles. The molecule has 0 aliphatic heterocycles. The van der Waals surface area contributed by atoms with E-state index < -0.39 is 6.10 Å². The summed E-state index contributed by atoms with van der Waals surface area (Å²) in [6.45, 7) is 2.04. The van der Waals surface area contributed by atoms with E-state index in [9.17, 15) is 5.11 Å². The van der Waals surface area contributed by atoms with Gasteiger partial charge in [0.15, 0.2) is 0 Å². The van der Waals surface area contributed by atoms with Gasteiger partial charge in [-0.15, -0.1) is 11.8 Å². The topological polar surface area (TPSA) is 29.5 Å². The third kappa shape index (κ3) is 4.01. The van der Waals surface area contributed by atoms with Crippen LogP contribution in [0.2, 0.25) is 0 Å². The molecule has 1 atom stereocenters. The first kappa shape index (κ1) is 14.0. The van der Waals surface area contributed by atoms with Crippen molar-refractivity contribution in [3.63, 3.8) is 0 Å². The van der Waals surface area contributed by atoms with Crippen LogP contribution in [0.5, 0.6) is 5.75 Å². The van der Waals surface area contributed by atoms with Gasteiger partial charge < -0.3 is 9.84 Å². The highest BCUT2D eigenvalue weighted by atomic mass is 32.2. The molecule has 0 amide bonds. The lowest BCUT2D eigenvalue weighted by atomic mass is 10.1. The van der Waals surface area contributed by atoms with E-state index in [0.29, 0.717) is 5.75 Å². The van der Waals surface area contributed by atoms with Gasteiger partial charge in [0.1, 0.15) is 5.75 Å². The monoisotopic (exact) mass is 274 g/mol. The number of rotatable bonds is 5. The molecule has 2 rings (SSSR count). The van der Waals surface area contributed by atoms with E-state index in [0.717, 1.165) is 16.2 Å². The number of aliphatic hydroxyl groups excluding tert-OH is 1. The normalized spacial score (nSPS) is 12.2. The number of aryl methyl sites for hydroxylation is 1. The number of aliphatic hydroxyl groups is 1. The lowest BCUT2D eigenvalue weighted by molar-refractivity contribution is 0.204. The highest BCUT2D eigenvalue weighted by Crippen LogP contribution is 2.26. The summed E-state index contributed by atoms with van der Waals surface area (Å²) in [4.78, 5) is 1.13. The van der Waals surface area contributed by atoms with Crippen molar-refractivity contribution in [3.05, 3.63) is 59.7 Å². The van der Waals surface area contributed by atoms with Crippen LogP contribution in [-0.2, 0) is 0 Å². The SMILES string of the molecule is COc1ccc(SCC(O)c2ccc(C)cc2)cc1. The van der Waals surface area contributed by atoms with Crippen LogP contribution in [0.15, 0.2) is 53.4 Å². The van der Waals surface area contributed by atoms with Gasteiger partial charge in [-0.3, -0.25) is 0 Å². The Hall–Kier alpha value is -1.45. The van der Waals surface area contributed by atoms with Crippen molar-refractivity contribution < 1.29 is 9.84 Å². The lowest BCUT2D eigenvalue weighted by Gasteiger charge is -2.11. The van der Waals surface area contributed by atoms with Crippen LogP contribution in [-0.4, -0.2) is 18.0 Å². The maximum Gasteiger partial charge on any atom is 0.118 e. The van der Waals surface area contributed by atoms with Crippen molar-refractivity contribution in [2.75, 3.05) is 12.9 Å². The molecule has 2 nitrogen and oxygen atoms in total. The van der Waals surface area contributed by atoms with Gasteiger partial charge in [-0.25, -0.2) is 0 Å². The molecule has 0 saturated carbocycles. The van der Waals surface area contributed by atoms with Crippen molar-refractivity contribution >= 4 is 11.8 Å². The molecule has 1 unspecified atom stereocenters. The highest BCUT2D eigenvalue weighted by molar-refractivity contribution is 7.99. The molecule has 2 aromatic rings. The number of ether oxygens (including phenoxy) is 1. The fourth-order valence-electron chi connectivity index (χ4n) is 1.73. The van der Waals surface area contributed by atoms with Gasteiger partial charge in [-0.05, 0) is 36.8 Å². The van der Waals surface area contributed by atoms with E-state index in [1.165, 1.54) is 5.56 Å². The minimum atomic E-state index is -0.437. The van der Waals surface area contributed by atoms with Gasteiger partial charge in [0.2, 0.25) is 0 Å². The van der Waals surface area contributed by atoms with Crippen LogP contribution >= 0.6 is 11.8 Å². The molecule has 2 aromatic carbocycles. The van der Waals surface area contributed by atoms with Gasteiger partial charge in [-0.2, -0.15) is 0 Å². The second-order valence-corrected chi connectivity index (χ2v) is 5.51. The van der Waals surface area contributed by atoms with Gasteiger partial charge in [0.05, 0.1) is 13.2 Å². The molecule has 0 aromatic heterocycles. The standard InChI is InChI=1S/C16H18O2S/c1-12-3-5-13(6-4-12)16(17)11-19-15-9-7-14(18-2)8-10-15/h3-10,16-17H,11H2,1-2H3. The first-order chi connectivity index (χ1) is 9.19. The van der Waals surface area contributed by atoms with Crippen LogP contribution in [0, 0.1) is 6.92 Å². The summed E-state index contributed by atoms with van der Waals surface area (Å²) in [5.74, 6) is 1.50. The van der Waals surface area contributed by atoms with Crippen LogP contribution < -0.4 is 4.74 Å². The van der Waals surface area contributed by atoms with Crippen molar-refractivity contribution in [2.45, 2.75) is 17.9 Å². The smallest absolute Gasteiger partial charge is 0.118 e. The minimum Gasteiger partial charge on any atom is -0.497 e. The number of benzene rings is 2. The van der Waals surface area contributed by atoms with Crippen LogP contribution in [0.3, 0.4) is 0 Å². The summed E-state index contributed by atoms with van der Waals surface area (Å²) < 4.78 is 5.12. The molecule has 0 radical (unpaired) electrons. The zero-order chi connectivity index (χ0) is 13.7. The van der Waals surface area contributed by atoms with E-state index in [-0.39, 0.29) is 0 Å². The third-order valence-electron chi connectivity index (χ3n) is 2.93. The second-order valence-electron chi connectivity index (χ2n) is 4.41. The lowest BCUT2D eigenvalue weighted by Crippen LogP contribution is -2.00. The summed E-state index contributed by atoms with van der Waals surface area (Å²) in [5, 5.41) is 10.1. The Morgan fingerprint density at radius 2 is 1.68 bits per heavy atom. The summed E-state index contributed by atoms with van der Waals surface area (Å²) in [5.41, 5.74) is 2.17. The molecular formula is C16H18O2S. The highest BCUT2D eigenvalue weighted by Gasteiger charge is 2.07. The molecule has 19 heavy (non-hydrogen) atoms. The van der Waals surface area contributed by atoms with E-state index >= 15 is 0 Å². The fourth-order valence-corrected chi connectivity index (χ4v) is 2.60. The van der Waals surface area contributed by atoms with Crippen molar-refractivity contribution in [1.29, 1.82) is 0 Å². The summed E-state index contributed by atoms with van der Waals surface area (Å²) in [6, 6.07) is 15.9. The number of thioether (sulfide) groups is 1. The Morgan fingerprint density at radius 3 is 2.26 bits per heavy atom. The molecule has 0 fully saturated rings. The van der Waals surface area contributed by atoms with E-state index in [4.69, 9.17) is 4.74 Å². The molecule has 100 valence electrons. The van der Waals surface area contributed by atoms with Crippen molar-refractivity contribution in [3.8, 4) is 5.75 Å². The maximum atomic E-state index is 10.1. The van der Waals surface area contributed by atoms with Crippen molar-refractivity contribution in [2.24, 2.45) is 0 Å². The fraction of sp³-hybridized carbons (Fsp3) is 0.250. The predicted octanol–water partition coefficient (Wildman–Crippen LogP) is 3.83. The second kappa shape index (κ2) is 6.64. The van der Waals surface area contributed by atoms with Crippen LogP contribution in [0.1, 0.15) is 17.2 Å². The average molecular weight is 274 g/mol. The van der Waals surface area contributed by atoms with E-state index in [1.54, 1.807) is 18.9 Å². The van der Waals surface area contributed by atoms with Gasteiger partial charge in [0.25, 0.3) is 0 Å². The van der Waals surface area contributed by atoms with E-state index in [2.05, 4.69) is 0 Å². The molecule has 0 aliphatic carbocycles. The largest absolute Gasteiger partial charge is 0.497 e.